The fourth-order valence-corrected chi connectivity index (χ4v) is 3.13. The predicted octanol–water partition coefficient (Wildman–Crippen LogP) is -0.0167. The zero-order valence-corrected chi connectivity index (χ0v) is 10.2. The minimum atomic E-state index is -0.102. The molecule has 1 aromatic heterocycles. The maximum absolute atomic E-state index is 12.2. The van der Waals surface area contributed by atoms with Crippen LogP contribution in [0.3, 0.4) is 0 Å². The lowest BCUT2D eigenvalue weighted by atomic mass is 10.1. The van der Waals surface area contributed by atoms with Crippen molar-refractivity contribution in [2.24, 2.45) is 0 Å². The lowest BCUT2D eigenvalue weighted by Gasteiger charge is -2.22. The summed E-state index contributed by atoms with van der Waals surface area (Å²) < 4.78 is 3.70. The Morgan fingerprint density at radius 1 is 1.53 bits per heavy atom. The SMILES string of the molecule is CN1C(=O)C[C@H]2[C@H]1CCN2C(=O)c1csnn1. The molecular weight excluding hydrogens is 240 g/mol. The molecule has 0 bridgehead atoms. The van der Waals surface area contributed by atoms with E-state index in [-0.39, 0.29) is 23.9 Å². The predicted molar refractivity (Wildman–Crippen MR) is 60.5 cm³/mol. The number of likely N-dealkylation sites (tertiary alicyclic amines) is 2. The van der Waals surface area contributed by atoms with E-state index in [4.69, 9.17) is 0 Å². The molecule has 0 aromatic carbocycles. The molecule has 2 aliphatic rings. The van der Waals surface area contributed by atoms with Crippen LogP contribution in [-0.2, 0) is 4.79 Å². The van der Waals surface area contributed by atoms with Crippen LogP contribution in [0.25, 0.3) is 0 Å². The first-order valence-corrected chi connectivity index (χ1v) is 6.36. The van der Waals surface area contributed by atoms with Crippen molar-refractivity contribution in [3.63, 3.8) is 0 Å². The van der Waals surface area contributed by atoms with Gasteiger partial charge in [0.15, 0.2) is 5.69 Å². The van der Waals surface area contributed by atoms with Crippen LogP contribution in [0.1, 0.15) is 23.3 Å². The highest BCUT2D eigenvalue weighted by Crippen LogP contribution is 2.32. The number of nitrogens with zero attached hydrogens (tertiary/aromatic N) is 4. The summed E-state index contributed by atoms with van der Waals surface area (Å²) in [6.07, 6.45) is 1.29. The van der Waals surface area contributed by atoms with Crippen molar-refractivity contribution in [2.75, 3.05) is 13.6 Å². The summed E-state index contributed by atoms with van der Waals surface area (Å²) in [5.41, 5.74) is 0.387. The zero-order chi connectivity index (χ0) is 12.0. The van der Waals surface area contributed by atoms with Crippen LogP contribution < -0.4 is 0 Å². The highest BCUT2D eigenvalue weighted by atomic mass is 32.1. The molecule has 90 valence electrons. The van der Waals surface area contributed by atoms with E-state index < -0.39 is 0 Å². The summed E-state index contributed by atoms with van der Waals surface area (Å²) in [7, 11) is 1.81. The molecule has 0 unspecified atom stereocenters. The lowest BCUT2D eigenvalue weighted by molar-refractivity contribution is -0.127. The monoisotopic (exact) mass is 252 g/mol. The van der Waals surface area contributed by atoms with Gasteiger partial charge in [-0.15, -0.1) is 5.10 Å². The van der Waals surface area contributed by atoms with Gasteiger partial charge in [0.1, 0.15) is 0 Å². The third-order valence-electron chi connectivity index (χ3n) is 3.62. The van der Waals surface area contributed by atoms with Crippen molar-refractivity contribution >= 4 is 23.3 Å². The largest absolute Gasteiger partial charge is 0.341 e. The van der Waals surface area contributed by atoms with Gasteiger partial charge in [-0.05, 0) is 18.0 Å². The smallest absolute Gasteiger partial charge is 0.275 e. The summed E-state index contributed by atoms with van der Waals surface area (Å²) in [6.45, 7) is 0.698. The molecule has 2 fully saturated rings. The van der Waals surface area contributed by atoms with Crippen molar-refractivity contribution < 1.29 is 9.59 Å². The molecule has 0 radical (unpaired) electrons. The Labute approximate surface area is 102 Å². The van der Waals surface area contributed by atoms with Crippen LogP contribution in [0.5, 0.6) is 0 Å². The molecule has 0 spiro atoms. The Bertz CT molecular complexity index is 461. The van der Waals surface area contributed by atoms with Gasteiger partial charge in [0, 0.05) is 25.4 Å². The van der Waals surface area contributed by atoms with E-state index in [1.807, 2.05) is 7.05 Å². The Hall–Kier alpha value is -1.50. The zero-order valence-electron chi connectivity index (χ0n) is 9.37. The standard InChI is InChI=1S/C10H12N4O2S/c1-13-7-2-3-14(8(7)4-9(13)15)10(16)6-5-17-12-11-6/h5,7-8H,2-4H2,1H3/t7-,8+/m1/s1. The molecule has 1 aromatic rings. The van der Waals surface area contributed by atoms with E-state index in [2.05, 4.69) is 9.59 Å². The van der Waals surface area contributed by atoms with Gasteiger partial charge in [-0.2, -0.15) is 0 Å². The van der Waals surface area contributed by atoms with Gasteiger partial charge in [-0.25, -0.2) is 0 Å². The van der Waals surface area contributed by atoms with Crippen LogP contribution in [-0.4, -0.2) is 56.9 Å². The molecule has 0 N–H and O–H groups in total. The summed E-state index contributed by atoms with van der Waals surface area (Å²) >= 11 is 1.17. The average Bonchev–Trinajstić information content (AvgIpc) is 2.99. The second-order valence-electron chi connectivity index (χ2n) is 4.42. The second-order valence-corrected chi connectivity index (χ2v) is 5.03. The van der Waals surface area contributed by atoms with Gasteiger partial charge < -0.3 is 9.80 Å². The molecule has 17 heavy (non-hydrogen) atoms. The summed E-state index contributed by atoms with van der Waals surface area (Å²) in [5, 5.41) is 5.44. The van der Waals surface area contributed by atoms with E-state index in [0.717, 1.165) is 6.42 Å². The van der Waals surface area contributed by atoms with Gasteiger partial charge in [-0.1, -0.05) is 4.49 Å². The minimum absolute atomic E-state index is 0.0155. The van der Waals surface area contributed by atoms with Crippen LogP contribution >= 0.6 is 11.5 Å². The first kappa shape index (κ1) is 10.6. The van der Waals surface area contributed by atoms with Crippen LogP contribution in [0.2, 0.25) is 0 Å². The molecule has 2 amide bonds. The van der Waals surface area contributed by atoms with Gasteiger partial charge >= 0.3 is 0 Å². The highest BCUT2D eigenvalue weighted by molar-refractivity contribution is 7.03. The van der Waals surface area contributed by atoms with Gasteiger partial charge in [0.2, 0.25) is 5.91 Å². The molecule has 0 saturated carbocycles. The van der Waals surface area contributed by atoms with Crippen LogP contribution in [0.15, 0.2) is 5.38 Å². The Morgan fingerprint density at radius 2 is 2.35 bits per heavy atom. The van der Waals surface area contributed by atoms with Crippen LogP contribution in [0.4, 0.5) is 0 Å². The van der Waals surface area contributed by atoms with Gasteiger partial charge in [0.05, 0.1) is 12.1 Å². The lowest BCUT2D eigenvalue weighted by Crippen LogP contribution is -2.39. The maximum atomic E-state index is 12.2. The van der Waals surface area contributed by atoms with Gasteiger partial charge in [-0.3, -0.25) is 9.59 Å². The highest BCUT2D eigenvalue weighted by Gasteiger charge is 2.47. The van der Waals surface area contributed by atoms with Crippen molar-refractivity contribution in [1.82, 2.24) is 19.4 Å². The van der Waals surface area contributed by atoms with Crippen molar-refractivity contribution in [2.45, 2.75) is 24.9 Å². The molecule has 2 saturated heterocycles. The third-order valence-corrected chi connectivity index (χ3v) is 4.13. The number of carbonyl (C=O) groups excluding carboxylic acids is 2. The summed E-state index contributed by atoms with van der Waals surface area (Å²) in [5.74, 6) is 0.0169. The molecule has 7 heteroatoms. The molecular formula is C10H12N4O2S. The molecule has 3 heterocycles. The average molecular weight is 252 g/mol. The van der Waals surface area contributed by atoms with Crippen molar-refractivity contribution in [3.05, 3.63) is 11.1 Å². The molecule has 2 atom stereocenters. The van der Waals surface area contributed by atoms with E-state index in [1.165, 1.54) is 11.5 Å². The minimum Gasteiger partial charge on any atom is -0.341 e. The Balaban J connectivity index is 1.83. The number of fused-ring (bicyclic) bond motifs is 1. The van der Waals surface area contributed by atoms with E-state index in [0.29, 0.717) is 18.7 Å². The second kappa shape index (κ2) is 3.76. The molecule has 3 rings (SSSR count). The van der Waals surface area contributed by atoms with E-state index in [1.54, 1.807) is 15.2 Å². The van der Waals surface area contributed by atoms with Crippen LogP contribution in [0, 0.1) is 0 Å². The van der Waals surface area contributed by atoms with Gasteiger partial charge in [0.25, 0.3) is 5.91 Å². The first-order valence-electron chi connectivity index (χ1n) is 5.52. The molecule has 2 aliphatic heterocycles. The van der Waals surface area contributed by atoms with Crippen molar-refractivity contribution in [3.8, 4) is 0 Å². The number of rotatable bonds is 1. The number of hydrogen-bond donors (Lipinski definition) is 0. The normalized spacial score (nSPS) is 27.7. The third kappa shape index (κ3) is 1.53. The maximum Gasteiger partial charge on any atom is 0.275 e. The molecule has 6 nitrogen and oxygen atoms in total. The number of amides is 2. The van der Waals surface area contributed by atoms with E-state index >= 15 is 0 Å². The topological polar surface area (TPSA) is 66.4 Å². The quantitative estimate of drug-likeness (QED) is 0.704. The Morgan fingerprint density at radius 3 is 3.06 bits per heavy atom. The number of aromatic nitrogens is 2. The number of likely N-dealkylation sites (N-methyl/N-ethyl adjacent to an activating group) is 1. The fourth-order valence-electron chi connectivity index (χ4n) is 2.70. The first-order chi connectivity index (χ1) is 8.18. The fraction of sp³-hybridized carbons (Fsp3) is 0.600. The van der Waals surface area contributed by atoms with Crippen molar-refractivity contribution in [1.29, 1.82) is 0 Å². The summed E-state index contributed by atoms with van der Waals surface area (Å²) in [4.78, 5) is 27.3. The Kier molecular flexibility index (Phi) is 2.36. The molecule has 0 aliphatic carbocycles. The number of hydrogen-bond acceptors (Lipinski definition) is 5. The number of carbonyl (C=O) groups is 2. The summed E-state index contributed by atoms with van der Waals surface area (Å²) in [6, 6.07) is 0.194. The van der Waals surface area contributed by atoms with E-state index in [9.17, 15) is 9.59 Å².